The van der Waals surface area contributed by atoms with E-state index in [9.17, 15) is 9.59 Å². The Labute approximate surface area is 215 Å². The SMILES string of the molecule is CCC.CN1C=C(c2ccc(-c3cn4ccsc4n3)cc2)NO1.COC(=O)NCC(=O)N1CCCC1. The van der Waals surface area contributed by atoms with E-state index in [-0.39, 0.29) is 12.5 Å². The predicted molar refractivity (Wildman–Crippen MR) is 141 cm³/mol. The molecule has 10 nitrogen and oxygen atoms in total. The minimum absolute atomic E-state index is 0.0344. The van der Waals surface area contributed by atoms with Crippen LogP contribution in [0.1, 0.15) is 38.7 Å². The van der Waals surface area contributed by atoms with Crippen LogP contribution in [-0.2, 0) is 14.5 Å². The number of methoxy groups -OCH3 is 1. The Morgan fingerprint density at radius 1 is 1.17 bits per heavy atom. The fourth-order valence-corrected chi connectivity index (χ4v) is 4.17. The van der Waals surface area contributed by atoms with Crippen molar-refractivity contribution in [2.45, 2.75) is 33.1 Å². The van der Waals surface area contributed by atoms with Gasteiger partial charge in [-0.15, -0.1) is 11.3 Å². The number of alkyl carbamates (subject to hydrolysis) is 1. The smallest absolute Gasteiger partial charge is 0.407 e. The van der Waals surface area contributed by atoms with E-state index in [2.05, 4.69) is 58.6 Å². The summed E-state index contributed by atoms with van der Waals surface area (Å²) in [6.07, 6.45) is 8.78. The molecule has 0 saturated carbocycles. The van der Waals surface area contributed by atoms with E-state index in [1.165, 1.54) is 13.5 Å². The number of hydrogen-bond donors (Lipinski definition) is 2. The van der Waals surface area contributed by atoms with Crippen LogP contribution < -0.4 is 10.8 Å². The van der Waals surface area contributed by atoms with Gasteiger partial charge in [-0.05, 0) is 12.8 Å². The first kappa shape index (κ1) is 27.0. The van der Waals surface area contributed by atoms with E-state index < -0.39 is 6.09 Å². The van der Waals surface area contributed by atoms with E-state index in [4.69, 9.17) is 4.94 Å². The van der Waals surface area contributed by atoms with Gasteiger partial charge in [-0.25, -0.2) is 20.3 Å². The van der Waals surface area contributed by atoms with E-state index in [1.54, 1.807) is 21.3 Å². The van der Waals surface area contributed by atoms with Crippen LogP contribution in [-0.4, -0.2) is 65.1 Å². The number of likely N-dealkylation sites (tertiary alicyclic amines) is 1. The molecule has 1 aromatic carbocycles. The highest BCUT2D eigenvalue weighted by molar-refractivity contribution is 7.15. The standard InChI is InChI=1S/C14H12N4OS.C8H14N2O3.C3H8/c1-17-8-13(16-19-17)11-4-2-10(3-5-11)12-9-18-6-7-20-14(18)15-12;1-13-8(12)9-6-7(11)10-4-2-3-5-10;1-3-2/h2-9,16H,1H3;2-6H2,1H3,(H,9,12);3H2,1-2H3. The molecule has 0 radical (unpaired) electrons. The van der Waals surface area contributed by atoms with Gasteiger partial charge in [0.15, 0.2) is 4.96 Å². The number of ether oxygens (including phenoxy) is 1. The zero-order valence-corrected chi connectivity index (χ0v) is 22.0. The van der Waals surface area contributed by atoms with Crippen LogP contribution in [0, 0.1) is 0 Å². The summed E-state index contributed by atoms with van der Waals surface area (Å²) >= 11 is 1.64. The molecule has 0 aliphatic carbocycles. The molecule has 4 heterocycles. The summed E-state index contributed by atoms with van der Waals surface area (Å²) in [5, 5.41) is 6.02. The summed E-state index contributed by atoms with van der Waals surface area (Å²) in [4.78, 5) is 34.4. The second-order valence-corrected chi connectivity index (χ2v) is 9.09. The number of thiazole rings is 1. The van der Waals surface area contributed by atoms with Crippen LogP contribution in [0.25, 0.3) is 21.9 Å². The van der Waals surface area contributed by atoms with Gasteiger partial charge in [0.2, 0.25) is 5.91 Å². The number of benzene rings is 1. The van der Waals surface area contributed by atoms with E-state index >= 15 is 0 Å². The molecule has 2 aliphatic heterocycles. The Bertz CT molecular complexity index is 1120. The van der Waals surface area contributed by atoms with Crippen LogP contribution >= 0.6 is 11.3 Å². The lowest BCUT2D eigenvalue weighted by Gasteiger charge is -2.14. The number of nitrogens with one attached hydrogen (secondary N) is 2. The molecule has 1 saturated heterocycles. The molecular weight excluding hydrogens is 480 g/mol. The zero-order valence-electron chi connectivity index (χ0n) is 21.2. The van der Waals surface area contributed by atoms with Gasteiger partial charge in [-0.2, -0.15) is 4.94 Å². The monoisotopic (exact) mass is 514 g/mol. The Kier molecular flexibility index (Phi) is 10.1. The molecule has 194 valence electrons. The highest BCUT2D eigenvalue weighted by Crippen LogP contribution is 2.24. The minimum Gasteiger partial charge on any atom is -0.453 e. The number of imidazole rings is 1. The maximum Gasteiger partial charge on any atom is 0.407 e. The van der Waals surface area contributed by atoms with Crippen LogP contribution in [0.4, 0.5) is 4.79 Å². The van der Waals surface area contributed by atoms with Gasteiger partial charge in [-0.3, -0.25) is 9.20 Å². The molecule has 1 fully saturated rings. The first-order chi connectivity index (χ1) is 17.4. The average molecular weight is 515 g/mol. The molecule has 2 aliphatic rings. The maximum atomic E-state index is 11.3. The lowest BCUT2D eigenvalue weighted by molar-refractivity contribution is -0.129. The van der Waals surface area contributed by atoms with Gasteiger partial charge < -0.3 is 15.0 Å². The molecule has 2 amide bonds. The number of carbonyl (C=O) groups is 2. The molecule has 0 bridgehead atoms. The molecule has 0 unspecified atom stereocenters. The second kappa shape index (κ2) is 13.5. The third-order valence-corrected chi connectivity index (χ3v) is 5.99. The average Bonchev–Trinajstić information content (AvgIpc) is 3.68. The van der Waals surface area contributed by atoms with Crippen LogP contribution in [0.15, 0.2) is 48.2 Å². The Hall–Kier alpha value is -3.57. The molecule has 11 heteroatoms. The minimum atomic E-state index is -0.562. The maximum absolute atomic E-state index is 11.3. The van der Waals surface area contributed by atoms with Gasteiger partial charge >= 0.3 is 6.09 Å². The number of aromatic nitrogens is 2. The Morgan fingerprint density at radius 3 is 2.42 bits per heavy atom. The lowest BCUT2D eigenvalue weighted by Crippen LogP contribution is -2.38. The summed E-state index contributed by atoms with van der Waals surface area (Å²) in [5.41, 5.74) is 7.00. The first-order valence-corrected chi connectivity index (χ1v) is 12.8. The molecule has 0 spiro atoms. The summed E-state index contributed by atoms with van der Waals surface area (Å²) in [6.45, 7) is 5.90. The summed E-state index contributed by atoms with van der Waals surface area (Å²) in [5.74, 6) is -0.0390. The first-order valence-electron chi connectivity index (χ1n) is 11.9. The van der Waals surface area contributed by atoms with Gasteiger partial charge in [0, 0.05) is 49.0 Å². The quantitative estimate of drug-likeness (QED) is 0.540. The zero-order chi connectivity index (χ0) is 25.9. The number of amides is 2. The van der Waals surface area contributed by atoms with Crippen molar-refractivity contribution in [3.63, 3.8) is 0 Å². The van der Waals surface area contributed by atoms with Gasteiger partial charge in [0.25, 0.3) is 0 Å². The van der Waals surface area contributed by atoms with Crippen molar-refractivity contribution in [2.24, 2.45) is 0 Å². The van der Waals surface area contributed by atoms with Crippen molar-refractivity contribution in [2.75, 3.05) is 33.8 Å². The summed E-state index contributed by atoms with van der Waals surface area (Å²) < 4.78 is 6.38. The van der Waals surface area contributed by atoms with Gasteiger partial charge in [0.05, 0.1) is 24.7 Å². The molecule has 36 heavy (non-hydrogen) atoms. The van der Waals surface area contributed by atoms with E-state index in [0.29, 0.717) is 0 Å². The molecule has 0 atom stereocenters. The third-order valence-electron chi connectivity index (χ3n) is 5.22. The van der Waals surface area contributed by atoms with Gasteiger partial charge in [0.1, 0.15) is 6.54 Å². The number of nitrogens with zero attached hydrogens (tertiary/aromatic N) is 4. The largest absolute Gasteiger partial charge is 0.453 e. The molecule has 3 aromatic rings. The molecular formula is C25H34N6O4S. The van der Waals surface area contributed by atoms with Crippen molar-refractivity contribution in [1.29, 1.82) is 0 Å². The van der Waals surface area contributed by atoms with Crippen molar-refractivity contribution in [3.05, 3.63) is 53.8 Å². The number of hydroxylamine groups is 3. The third kappa shape index (κ3) is 7.46. The Balaban J connectivity index is 0.000000196. The summed E-state index contributed by atoms with van der Waals surface area (Å²) in [7, 11) is 3.11. The van der Waals surface area contributed by atoms with Crippen LogP contribution in [0.3, 0.4) is 0 Å². The predicted octanol–water partition coefficient (Wildman–Crippen LogP) is 4.12. The van der Waals surface area contributed by atoms with Crippen molar-refractivity contribution in [1.82, 2.24) is 30.1 Å². The van der Waals surface area contributed by atoms with Gasteiger partial charge in [-0.1, -0.05) is 44.5 Å². The topological polar surface area (TPSA) is 100 Å². The number of carbonyl (C=O) groups excluding carboxylic acids is 2. The fourth-order valence-electron chi connectivity index (χ4n) is 3.47. The fraction of sp³-hybridized carbons (Fsp3) is 0.400. The number of rotatable bonds is 4. The van der Waals surface area contributed by atoms with Crippen molar-refractivity contribution in [3.8, 4) is 11.3 Å². The van der Waals surface area contributed by atoms with Crippen molar-refractivity contribution < 1.29 is 19.3 Å². The summed E-state index contributed by atoms with van der Waals surface area (Å²) in [6, 6.07) is 8.26. The lowest BCUT2D eigenvalue weighted by atomic mass is 10.1. The highest BCUT2D eigenvalue weighted by Gasteiger charge is 2.18. The normalized spacial score (nSPS) is 14.3. The second-order valence-electron chi connectivity index (χ2n) is 8.22. The number of hydrogen-bond acceptors (Lipinski definition) is 8. The van der Waals surface area contributed by atoms with E-state index in [0.717, 1.165) is 53.4 Å². The number of fused-ring (bicyclic) bond motifs is 1. The molecule has 5 rings (SSSR count). The molecule has 2 N–H and O–H groups in total. The van der Waals surface area contributed by atoms with E-state index in [1.807, 2.05) is 35.4 Å². The van der Waals surface area contributed by atoms with Crippen LogP contribution in [0.5, 0.6) is 0 Å². The Morgan fingerprint density at radius 2 is 1.83 bits per heavy atom. The molecule has 2 aromatic heterocycles. The van der Waals surface area contributed by atoms with Crippen molar-refractivity contribution >= 4 is 34.0 Å². The van der Waals surface area contributed by atoms with Crippen LogP contribution in [0.2, 0.25) is 0 Å². The highest BCUT2D eigenvalue weighted by atomic mass is 32.1.